The number of fused-ring (bicyclic) bond motifs is 1. The number of para-hydroxylation sites is 1. The molecule has 0 fully saturated rings. The topological polar surface area (TPSA) is 63.2 Å². The second-order valence-electron chi connectivity index (χ2n) is 5.42. The molecular formula is C18H19N3O2S. The van der Waals surface area contributed by atoms with Crippen LogP contribution >= 0.6 is 11.3 Å². The smallest absolute Gasteiger partial charge is 0.242 e. The first kappa shape index (κ1) is 16.3. The average molecular weight is 341 g/mol. The van der Waals surface area contributed by atoms with E-state index in [4.69, 9.17) is 4.74 Å². The Bertz CT molecular complexity index is 797. The number of nitrogens with one attached hydrogen (secondary N) is 2. The minimum Gasteiger partial charge on any atom is -0.497 e. The van der Waals surface area contributed by atoms with Gasteiger partial charge >= 0.3 is 0 Å². The number of methoxy groups -OCH3 is 1. The monoisotopic (exact) mass is 341 g/mol. The lowest BCUT2D eigenvalue weighted by Gasteiger charge is -2.13. The van der Waals surface area contributed by atoms with Gasteiger partial charge in [0.25, 0.3) is 0 Å². The molecule has 0 unspecified atom stereocenters. The predicted molar refractivity (Wildman–Crippen MR) is 97.5 cm³/mol. The first-order valence-electron chi connectivity index (χ1n) is 7.68. The van der Waals surface area contributed by atoms with E-state index < -0.39 is 0 Å². The van der Waals surface area contributed by atoms with Crippen molar-refractivity contribution in [2.45, 2.75) is 19.5 Å². The van der Waals surface area contributed by atoms with E-state index in [2.05, 4.69) is 15.6 Å². The van der Waals surface area contributed by atoms with Crippen LogP contribution in [0.4, 0.5) is 5.13 Å². The summed E-state index contributed by atoms with van der Waals surface area (Å²) in [4.78, 5) is 16.7. The molecule has 0 saturated carbocycles. The van der Waals surface area contributed by atoms with Crippen molar-refractivity contribution < 1.29 is 9.53 Å². The van der Waals surface area contributed by atoms with Gasteiger partial charge in [-0.15, -0.1) is 0 Å². The molecule has 0 spiro atoms. The third-order valence-electron chi connectivity index (χ3n) is 3.65. The second-order valence-corrected chi connectivity index (χ2v) is 6.45. The van der Waals surface area contributed by atoms with E-state index in [1.165, 1.54) is 0 Å². The highest BCUT2D eigenvalue weighted by Crippen LogP contribution is 2.25. The molecule has 1 heterocycles. The minimum absolute atomic E-state index is 0.0647. The SMILES string of the molecule is COc1ccc(CNC(=O)[C@H](C)Nc2nc3ccccc3s2)cc1. The Kier molecular flexibility index (Phi) is 4.96. The molecule has 5 nitrogen and oxygen atoms in total. The molecule has 6 heteroatoms. The quantitative estimate of drug-likeness (QED) is 0.721. The second kappa shape index (κ2) is 7.31. The van der Waals surface area contributed by atoms with Gasteiger partial charge in [-0.05, 0) is 36.8 Å². The van der Waals surface area contributed by atoms with E-state index in [1.54, 1.807) is 18.4 Å². The predicted octanol–water partition coefficient (Wildman–Crippen LogP) is 3.42. The summed E-state index contributed by atoms with van der Waals surface area (Å²) in [5.74, 6) is 0.737. The number of benzene rings is 2. The molecule has 124 valence electrons. The number of hydrogen-bond acceptors (Lipinski definition) is 5. The summed E-state index contributed by atoms with van der Waals surface area (Å²) in [6.07, 6.45) is 0. The van der Waals surface area contributed by atoms with E-state index in [0.29, 0.717) is 6.54 Å². The molecule has 0 aliphatic carbocycles. The fourth-order valence-electron chi connectivity index (χ4n) is 2.27. The normalized spacial score (nSPS) is 11.9. The van der Waals surface area contributed by atoms with Gasteiger partial charge in [-0.3, -0.25) is 4.79 Å². The lowest BCUT2D eigenvalue weighted by atomic mass is 10.2. The summed E-state index contributed by atoms with van der Waals surface area (Å²) in [7, 11) is 1.63. The largest absolute Gasteiger partial charge is 0.497 e. The Hall–Kier alpha value is -2.60. The van der Waals surface area contributed by atoms with E-state index in [0.717, 1.165) is 26.7 Å². The summed E-state index contributed by atoms with van der Waals surface area (Å²) in [5.41, 5.74) is 1.96. The highest BCUT2D eigenvalue weighted by Gasteiger charge is 2.14. The number of anilines is 1. The van der Waals surface area contributed by atoms with Crippen LogP contribution in [0.2, 0.25) is 0 Å². The zero-order chi connectivity index (χ0) is 16.9. The molecule has 0 bridgehead atoms. The van der Waals surface area contributed by atoms with Crippen molar-refractivity contribution in [3.8, 4) is 5.75 Å². The average Bonchev–Trinajstić information content (AvgIpc) is 3.02. The van der Waals surface area contributed by atoms with Gasteiger partial charge < -0.3 is 15.4 Å². The van der Waals surface area contributed by atoms with Crippen LogP contribution in [0.25, 0.3) is 10.2 Å². The fraction of sp³-hybridized carbons (Fsp3) is 0.222. The molecule has 0 aliphatic heterocycles. The minimum atomic E-state index is -0.358. The van der Waals surface area contributed by atoms with Crippen LogP contribution in [0, 0.1) is 0 Å². The maximum absolute atomic E-state index is 12.2. The first-order chi connectivity index (χ1) is 11.7. The third-order valence-corrected chi connectivity index (χ3v) is 4.62. The fourth-order valence-corrected chi connectivity index (χ4v) is 3.22. The van der Waals surface area contributed by atoms with Crippen molar-refractivity contribution in [1.29, 1.82) is 0 Å². The van der Waals surface area contributed by atoms with Gasteiger partial charge in [0.15, 0.2) is 5.13 Å². The number of hydrogen-bond donors (Lipinski definition) is 2. The number of aromatic nitrogens is 1. The van der Waals surface area contributed by atoms with Crippen LogP contribution in [0.5, 0.6) is 5.75 Å². The summed E-state index contributed by atoms with van der Waals surface area (Å²) in [5, 5.41) is 6.84. The maximum atomic E-state index is 12.2. The Balaban J connectivity index is 1.55. The summed E-state index contributed by atoms with van der Waals surface area (Å²) < 4.78 is 6.22. The van der Waals surface area contributed by atoms with Crippen molar-refractivity contribution in [2.75, 3.05) is 12.4 Å². The molecule has 2 N–H and O–H groups in total. The van der Waals surface area contributed by atoms with Crippen molar-refractivity contribution in [2.24, 2.45) is 0 Å². The number of ether oxygens (including phenoxy) is 1. The molecule has 3 rings (SSSR count). The zero-order valence-corrected chi connectivity index (χ0v) is 14.4. The number of thiazole rings is 1. The molecule has 1 amide bonds. The lowest BCUT2D eigenvalue weighted by molar-refractivity contribution is -0.121. The van der Waals surface area contributed by atoms with E-state index >= 15 is 0 Å². The standard InChI is InChI=1S/C18H19N3O2S/c1-12(20-18-21-15-5-3-4-6-16(15)24-18)17(22)19-11-13-7-9-14(23-2)10-8-13/h3-10,12H,11H2,1-2H3,(H,19,22)(H,20,21)/t12-/m0/s1. The van der Waals surface area contributed by atoms with Gasteiger partial charge in [-0.25, -0.2) is 4.98 Å². The Labute approximate surface area is 144 Å². The number of carbonyl (C=O) groups excluding carboxylic acids is 1. The molecule has 0 radical (unpaired) electrons. The molecule has 0 aliphatic rings. The van der Waals surface area contributed by atoms with Crippen LogP contribution in [0.15, 0.2) is 48.5 Å². The summed E-state index contributed by atoms with van der Waals surface area (Å²) in [6.45, 7) is 2.31. The highest BCUT2D eigenvalue weighted by atomic mass is 32.1. The molecule has 1 atom stereocenters. The Morgan fingerprint density at radius 3 is 2.67 bits per heavy atom. The number of carbonyl (C=O) groups is 1. The van der Waals surface area contributed by atoms with Gasteiger partial charge in [0.05, 0.1) is 17.3 Å². The van der Waals surface area contributed by atoms with Crippen molar-refractivity contribution in [3.63, 3.8) is 0 Å². The molecule has 1 aromatic heterocycles. The molecule has 0 saturated heterocycles. The molecule has 2 aromatic carbocycles. The van der Waals surface area contributed by atoms with Crippen molar-refractivity contribution in [3.05, 3.63) is 54.1 Å². The van der Waals surface area contributed by atoms with Crippen LogP contribution in [-0.4, -0.2) is 24.0 Å². The van der Waals surface area contributed by atoms with Crippen LogP contribution < -0.4 is 15.4 Å². The van der Waals surface area contributed by atoms with Crippen molar-refractivity contribution >= 4 is 32.6 Å². The molecule has 3 aromatic rings. The van der Waals surface area contributed by atoms with E-state index in [-0.39, 0.29) is 11.9 Å². The van der Waals surface area contributed by atoms with Gasteiger partial charge in [-0.2, -0.15) is 0 Å². The van der Waals surface area contributed by atoms with Gasteiger partial charge in [0.2, 0.25) is 5.91 Å². The zero-order valence-electron chi connectivity index (χ0n) is 13.6. The van der Waals surface area contributed by atoms with Crippen LogP contribution in [0.3, 0.4) is 0 Å². The molecular weight excluding hydrogens is 322 g/mol. The Morgan fingerprint density at radius 1 is 1.21 bits per heavy atom. The number of amides is 1. The van der Waals surface area contributed by atoms with Gasteiger partial charge in [0.1, 0.15) is 11.8 Å². The lowest BCUT2D eigenvalue weighted by Crippen LogP contribution is -2.37. The Morgan fingerprint density at radius 2 is 1.96 bits per heavy atom. The summed E-state index contributed by atoms with van der Waals surface area (Å²) >= 11 is 1.55. The maximum Gasteiger partial charge on any atom is 0.242 e. The molecule has 24 heavy (non-hydrogen) atoms. The van der Waals surface area contributed by atoms with Crippen LogP contribution in [0.1, 0.15) is 12.5 Å². The number of rotatable bonds is 6. The van der Waals surface area contributed by atoms with E-state index in [9.17, 15) is 4.79 Å². The van der Waals surface area contributed by atoms with Gasteiger partial charge in [-0.1, -0.05) is 35.6 Å². The van der Waals surface area contributed by atoms with E-state index in [1.807, 2.05) is 55.5 Å². The third kappa shape index (κ3) is 3.83. The number of nitrogens with zero attached hydrogens (tertiary/aromatic N) is 1. The van der Waals surface area contributed by atoms with Crippen molar-refractivity contribution in [1.82, 2.24) is 10.3 Å². The van der Waals surface area contributed by atoms with Gasteiger partial charge in [0, 0.05) is 6.54 Å². The summed E-state index contributed by atoms with van der Waals surface area (Å²) in [6, 6.07) is 15.2. The first-order valence-corrected chi connectivity index (χ1v) is 8.50. The highest BCUT2D eigenvalue weighted by molar-refractivity contribution is 7.22. The van der Waals surface area contributed by atoms with Crippen LogP contribution in [-0.2, 0) is 11.3 Å².